The van der Waals surface area contributed by atoms with Crippen LogP contribution in [-0.4, -0.2) is 38.7 Å². The maximum atomic E-state index is 12.1. The van der Waals surface area contributed by atoms with Gasteiger partial charge in [0.2, 0.25) is 0 Å². The van der Waals surface area contributed by atoms with Crippen LogP contribution in [0.1, 0.15) is 18.9 Å². The van der Waals surface area contributed by atoms with E-state index in [0.717, 1.165) is 18.2 Å². The second-order valence-electron chi connectivity index (χ2n) is 5.46. The highest BCUT2D eigenvalue weighted by molar-refractivity contribution is 7.90. The molecule has 1 N–H and O–H groups in total. The number of halogens is 1. The van der Waals surface area contributed by atoms with E-state index >= 15 is 0 Å². The first kappa shape index (κ1) is 16.8. The summed E-state index contributed by atoms with van der Waals surface area (Å²) in [4.78, 5) is 13.9. The molecule has 5 nitrogen and oxygen atoms in total. The van der Waals surface area contributed by atoms with Crippen LogP contribution in [0.5, 0.6) is 0 Å². The molecule has 0 unspecified atom stereocenters. The molecule has 1 aromatic carbocycles. The second-order valence-corrected chi connectivity index (χ2v) is 7.85. The minimum Gasteiger partial charge on any atom is -0.334 e. The molecule has 120 valence electrons. The van der Waals surface area contributed by atoms with Gasteiger partial charge < -0.3 is 10.2 Å². The number of hydrogen-bond acceptors (Lipinski definition) is 3. The van der Waals surface area contributed by atoms with Crippen molar-refractivity contribution in [1.29, 1.82) is 0 Å². The predicted octanol–water partition coefficient (Wildman–Crippen LogP) is 2.61. The van der Waals surface area contributed by atoms with Crippen molar-refractivity contribution in [1.82, 2.24) is 10.2 Å². The lowest BCUT2D eigenvalue weighted by Crippen LogP contribution is -2.42. The Morgan fingerprint density at radius 3 is 2.73 bits per heavy atom. The highest BCUT2D eigenvalue weighted by Crippen LogP contribution is 2.22. The molecule has 2 amide bonds. The Hall–Kier alpha value is -1.53. The molecule has 0 fully saturated rings. The number of rotatable bonds is 3. The Kier molecular flexibility index (Phi) is 5.13. The van der Waals surface area contributed by atoms with E-state index in [4.69, 9.17) is 11.6 Å². The van der Waals surface area contributed by atoms with Crippen LogP contribution in [-0.2, 0) is 16.4 Å². The minimum atomic E-state index is -3.34. The maximum absolute atomic E-state index is 12.1. The Labute approximate surface area is 135 Å². The molecule has 1 aliphatic heterocycles. The molecule has 2 rings (SSSR count). The summed E-state index contributed by atoms with van der Waals surface area (Å²) in [5.74, 6) is 0. The van der Waals surface area contributed by atoms with Crippen molar-refractivity contribution in [2.24, 2.45) is 0 Å². The van der Waals surface area contributed by atoms with Crippen LogP contribution in [0.2, 0.25) is 5.02 Å². The standard InChI is InChI=1S/C15H19ClN2O3S/c1-11-4-3-7-18(10-11)15(19)17-9-12-5-6-14(13(16)8-12)22(2,20)21/h4-6,8H,3,7,9-10H2,1-2H3,(H,17,19). The van der Waals surface area contributed by atoms with E-state index in [-0.39, 0.29) is 15.9 Å². The largest absolute Gasteiger partial charge is 0.334 e. The van der Waals surface area contributed by atoms with E-state index in [9.17, 15) is 13.2 Å². The third kappa shape index (κ3) is 4.24. The predicted molar refractivity (Wildman–Crippen MR) is 86.7 cm³/mol. The summed E-state index contributed by atoms with van der Waals surface area (Å²) in [6.07, 6.45) is 4.11. The number of benzene rings is 1. The summed E-state index contributed by atoms with van der Waals surface area (Å²) < 4.78 is 23.0. The van der Waals surface area contributed by atoms with Crippen molar-refractivity contribution in [2.75, 3.05) is 19.3 Å². The molecular formula is C15H19ClN2O3S. The van der Waals surface area contributed by atoms with Crippen LogP contribution in [0.25, 0.3) is 0 Å². The highest BCUT2D eigenvalue weighted by atomic mass is 35.5. The SMILES string of the molecule is CC1=CCCN(C(=O)NCc2ccc(S(C)(=O)=O)c(Cl)c2)C1. The van der Waals surface area contributed by atoms with Gasteiger partial charge >= 0.3 is 6.03 Å². The van der Waals surface area contributed by atoms with Crippen molar-refractivity contribution >= 4 is 27.5 Å². The molecule has 0 spiro atoms. The number of carbonyl (C=O) groups excluding carboxylic acids is 1. The van der Waals surface area contributed by atoms with Gasteiger partial charge in [0.1, 0.15) is 0 Å². The van der Waals surface area contributed by atoms with E-state index in [1.165, 1.54) is 11.6 Å². The lowest BCUT2D eigenvalue weighted by atomic mass is 10.1. The zero-order valence-corrected chi connectivity index (χ0v) is 14.2. The Balaban J connectivity index is 1.99. The number of nitrogens with one attached hydrogen (secondary N) is 1. The first-order valence-corrected chi connectivity index (χ1v) is 9.21. The normalized spacial score (nSPS) is 15.4. The third-order valence-electron chi connectivity index (χ3n) is 3.46. The molecule has 1 aliphatic rings. The molecule has 0 bridgehead atoms. The van der Waals surface area contributed by atoms with Gasteiger partial charge in [-0.1, -0.05) is 29.3 Å². The van der Waals surface area contributed by atoms with Crippen LogP contribution >= 0.6 is 11.6 Å². The summed E-state index contributed by atoms with van der Waals surface area (Å²) in [5, 5.41) is 3.00. The van der Waals surface area contributed by atoms with Gasteiger partial charge in [-0.3, -0.25) is 0 Å². The van der Waals surface area contributed by atoms with Gasteiger partial charge in [-0.25, -0.2) is 13.2 Å². The molecule has 0 saturated heterocycles. The van der Waals surface area contributed by atoms with Crippen LogP contribution in [0.3, 0.4) is 0 Å². The van der Waals surface area contributed by atoms with E-state index in [0.29, 0.717) is 19.6 Å². The van der Waals surface area contributed by atoms with Gasteiger partial charge in [0.15, 0.2) is 9.84 Å². The van der Waals surface area contributed by atoms with Gasteiger partial charge in [-0.15, -0.1) is 0 Å². The molecule has 1 heterocycles. The van der Waals surface area contributed by atoms with Crippen LogP contribution in [0.15, 0.2) is 34.7 Å². The molecule has 0 saturated carbocycles. The van der Waals surface area contributed by atoms with Crippen molar-refractivity contribution in [2.45, 2.75) is 24.8 Å². The van der Waals surface area contributed by atoms with Crippen LogP contribution in [0.4, 0.5) is 4.79 Å². The van der Waals surface area contributed by atoms with Crippen LogP contribution < -0.4 is 5.32 Å². The maximum Gasteiger partial charge on any atom is 0.317 e. The van der Waals surface area contributed by atoms with Crippen molar-refractivity contribution in [3.63, 3.8) is 0 Å². The van der Waals surface area contributed by atoms with Gasteiger partial charge in [0.25, 0.3) is 0 Å². The summed E-state index contributed by atoms with van der Waals surface area (Å²) in [7, 11) is -3.34. The molecule has 22 heavy (non-hydrogen) atoms. The number of nitrogens with zero attached hydrogens (tertiary/aromatic N) is 1. The van der Waals surface area contributed by atoms with Gasteiger partial charge in [0, 0.05) is 25.9 Å². The molecular weight excluding hydrogens is 324 g/mol. The van der Waals surface area contributed by atoms with E-state index in [1.807, 2.05) is 6.92 Å². The molecule has 0 aliphatic carbocycles. The topological polar surface area (TPSA) is 66.5 Å². The summed E-state index contributed by atoms with van der Waals surface area (Å²) >= 11 is 5.99. The summed E-state index contributed by atoms with van der Waals surface area (Å²) in [5.41, 5.74) is 1.94. The fraction of sp³-hybridized carbons (Fsp3) is 0.400. The van der Waals surface area contributed by atoms with Gasteiger partial charge in [0.05, 0.1) is 9.92 Å². The number of urea groups is 1. The highest BCUT2D eigenvalue weighted by Gasteiger charge is 2.16. The fourth-order valence-corrected chi connectivity index (χ4v) is 3.68. The lowest BCUT2D eigenvalue weighted by Gasteiger charge is -2.26. The first-order valence-electron chi connectivity index (χ1n) is 6.94. The molecule has 0 aromatic heterocycles. The van der Waals surface area contributed by atoms with Crippen molar-refractivity contribution in [3.8, 4) is 0 Å². The lowest BCUT2D eigenvalue weighted by molar-refractivity contribution is 0.200. The van der Waals surface area contributed by atoms with E-state index < -0.39 is 9.84 Å². The zero-order valence-electron chi connectivity index (χ0n) is 12.6. The Bertz CT molecular complexity index is 713. The number of hydrogen-bond donors (Lipinski definition) is 1. The zero-order chi connectivity index (χ0) is 16.3. The summed E-state index contributed by atoms with van der Waals surface area (Å²) in [6.45, 7) is 3.65. The summed E-state index contributed by atoms with van der Waals surface area (Å²) in [6, 6.07) is 4.56. The van der Waals surface area contributed by atoms with Crippen molar-refractivity contribution in [3.05, 3.63) is 40.4 Å². The average Bonchev–Trinajstić information content (AvgIpc) is 2.43. The number of amides is 2. The van der Waals surface area contributed by atoms with E-state index in [1.54, 1.807) is 17.0 Å². The van der Waals surface area contributed by atoms with Crippen LogP contribution in [0, 0.1) is 0 Å². The Morgan fingerprint density at radius 1 is 1.41 bits per heavy atom. The first-order chi connectivity index (χ1) is 10.3. The smallest absolute Gasteiger partial charge is 0.317 e. The van der Waals surface area contributed by atoms with Gasteiger partial charge in [-0.2, -0.15) is 0 Å². The van der Waals surface area contributed by atoms with E-state index in [2.05, 4.69) is 11.4 Å². The molecule has 0 atom stereocenters. The quantitative estimate of drug-likeness (QED) is 0.859. The molecule has 7 heteroatoms. The number of carbonyl (C=O) groups is 1. The van der Waals surface area contributed by atoms with Crippen molar-refractivity contribution < 1.29 is 13.2 Å². The minimum absolute atomic E-state index is 0.0982. The average molecular weight is 343 g/mol. The molecule has 1 aromatic rings. The Morgan fingerprint density at radius 2 is 2.14 bits per heavy atom. The fourth-order valence-electron chi connectivity index (χ4n) is 2.33. The monoisotopic (exact) mass is 342 g/mol. The molecule has 0 radical (unpaired) electrons. The third-order valence-corrected chi connectivity index (χ3v) is 5.04. The number of sulfone groups is 1. The second kappa shape index (κ2) is 6.71. The van der Waals surface area contributed by atoms with Gasteiger partial charge in [-0.05, 0) is 31.0 Å².